The number of carbonyl (C=O) groups is 1. The fraction of sp³-hybridized carbons (Fsp3) is 0.711. The molecular formula is C38H58N2O2. The minimum Gasteiger partial charge on any atom is -0.462 e. The van der Waals surface area contributed by atoms with E-state index < -0.39 is 0 Å². The lowest BCUT2D eigenvalue weighted by Crippen LogP contribution is -2.56. The SMILES string of the molecule is CC(C)=CCCC(C)C1CCC2(C)C3=C(CCC12C)C1(C)CCC(OC(=O)Cc2ccc(N)cc2N)C(C)(C)C1CC3. The molecule has 4 aliphatic rings. The molecule has 5 rings (SSSR count). The number of carbonyl (C=O) groups excluding carboxylic acids is 1. The fourth-order valence-corrected chi connectivity index (χ4v) is 10.8. The van der Waals surface area contributed by atoms with E-state index in [1.54, 1.807) is 17.7 Å². The minimum atomic E-state index is -0.180. The number of fused-ring (bicyclic) bond motifs is 4. The highest BCUT2D eigenvalue weighted by atomic mass is 16.5. The summed E-state index contributed by atoms with van der Waals surface area (Å²) in [6.45, 7) is 19.6. The highest BCUT2D eigenvalue weighted by molar-refractivity contribution is 5.76. The zero-order valence-electron chi connectivity index (χ0n) is 27.9. The number of hydrogen-bond donors (Lipinski definition) is 2. The molecule has 7 atom stereocenters. The van der Waals surface area contributed by atoms with Crippen LogP contribution in [-0.2, 0) is 16.0 Å². The smallest absolute Gasteiger partial charge is 0.310 e. The van der Waals surface area contributed by atoms with E-state index in [1.807, 2.05) is 11.6 Å². The van der Waals surface area contributed by atoms with Gasteiger partial charge in [0.2, 0.25) is 0 Å². The Hall–Kier alpha value is -2.23. The molecule has 4 heteroatoms. The summed E-state index contributed by atoms with van der Waals surface area (Å²) in [5.41, 5.74) is 19.9. The van der Waals surface area contributed by atoms with Crippen molar-refractivity contribution >= 4 is 17.3 Å². The Balaban J connectivity index is 1.34. The van der Waals surface area contributed by atoms with E-state index in [0.29, 0.717) is 28.1 Å². The van der Waals surface area contributed by atoms with E-state index in [0.717, 1.165) is 30.2 Å². The highest BCUT2D eigenvalue weighted by Crippen LogP contribution is 2.72. The third-order valence-electron chi connectivity index (χ3n) is 13.4. The summed E-state index contributed by atoms with van der Waals surface area (Å²) in [4.78, 5) is 13.1. The normalized spacial score (nSPS) is 36.0. The quantitative estimate of drug-likeness (QED) is 0.193. The molecule has 232 valence electrons. The van der Waals surface area contributed by atoms with Crippen molar-refractivity contribution in [2.75, 3.05) is 11.5 Å². The van der Waals surface area contributed by atoms with Crippen LogP contribution in [0.2, 0.25) is 0 Å². The second-order valence-electron chi connectivity index (χ2n) is 16.2. The van der Waals surface area contributed by atoms with Crippen LogP contribution < -0.4 is 11.5 Å². The summed E-state index contributed by atoms with van der Waals surface area (Å²) < 4.78 is 6.27. The zero-order valence-corrected chi connectivity index (χ0v) is 27.9. The van der Waals surface area contributed by atoms with Crippen molar-refractivity contribution in [2.24, 2.45) is 39.4 Å². The summed E-state index contributed by atoms with van der Waals surface area (Å²) in [6.07, 6.45) is 14.8. The van der Waals surface area contributed by atoms with Crippen LogP contribution in [0.3, 0.4) is 0 Å². The van der Waals surface area contributed by atoms with Crippen molar-refractivity contribution in [1.82, 2.24) is 0 Å². The number of nitrogens with two attached hydrogens (primary N) is 2. The lowest BCUT2D eigenvalue weighted by molar-refractivity contribution is -0.169. The molecule has 2 fully saturated rings. The Morgan fingerprint density at radius 3 is 2.43 bits per heavy atom. The lowest BCUT2D eigenvalue weighted by Gasteiger charge is -2.62. The Morgan fingerprint density at radius 2 is 1.74 bits per heavy atom. The standard InChI is InChI=1S/C38H58N2O2/c1-24(2)10-9-11-25(3)28-16-20-38(8)30-14-15-32-35(4,5)33(18-19-36(32,6)29(30)17-21-37(28,38)7)42-34(41)22-26-12-13-27(39)23-31(26)40/h10,12-13,23,25,28,32-33H,9,11,14-22,39-40H2,1-8H3. The van der Waals surface area contributed by atoms with Crippen molar-refractivity contribution in [3.8, 4) is 0 Å². The second-order valence-corrected chi connectivity index (χ2v) is 16.2. The van der Waals surface area contributed by atoms with Gasteiger partial charge < -0.3 is 16.2 Å². The van der Waals surface area contributed by atoms with Gasteiger partial charge in [0.05, 0.1) is 6.42 Å². The molecule has 0 spiro atoms. The first-order chi connectivity index (χ1) is 19.6. The average molecular weight is 575 g/mol. The molecule has 4 N–H and O–H groups in total. The van der Waals surface area contributed by atoms with E-state index in [-0.39, 0.29) is 29.3 Å². The zero-order chi connectivity index (χ0) is 30.7. The number of anilines is 2. The predicted molar refractivity (Wildman–Crippen MR) is 176 cm³/mol. The van der Waals surface area contributed by atoms with E-state index in [1.165, 1.54) is 56.9 Å². The number of benzene rings is 1. The molecule has 0 aromatic heterocycles. The first-order valence-corrected chi connectivity index (χ1v) is 16.8. The summed E-state index contributed by atoms with van der Waals surface area (Å²) in [6, 6.07) is 5.37. The number of nitrogen functional groups attached to an aromatic ring is 2. The third kappa shape index (κ3) is 5.03. The fourth-order valence-electron chi connectivity index (χ4n) is 10.8. The van der Waals surface area contributed by atoms with E-state index >= 15 is 0 Å². The summed E-state index contributed by atoms with van der Waals surface area (Å²) in [7, 11) is 0. The monoisotopic (exact) mass is 574 g/mol. The van der Waals surface area contributed by atoms with Crippen LogP contribution in [0.1, 0.15) is 125 Å². The molecule has 4 aliphatic carbocycles. The van der Waals surface area contributed by atoms with Crippen LogP contribution in [0, 0.1) is 39.4 Å². The molecule has 7 unspecified atom stereocenters. The Kier molecular flexibility index (Phi) is 8.20. The van der Waals surface area contributed by atoms with Crippen molar-refractivity contribution in [2.45, 2.75) is 132 Å². The van der Waals surface area contributed by atoms with Gasteiger partial charge in [-0.1, -0.05) is 70.4 Å². The van der Waals surface area contributed by atoms with Gasteiger partial charge in [-0.2, -0.15) is 0 Å². The molecule has 2 saturated carbocycles. The van der Waals surface area contributed by atoms with Gasteiger partial charge in [-0.15, -0.1) is 0 Å². The summed E-state index contributed by atoms with van der Waals surface area (Å²) in [5, 5.41) is 0. The van der Waals surface area contributed by atoms with Crippen LogP contribution in [0.25, 0.3) is 0 Å². The molecule has 1 aromatic carbocycles. The highest BCUT2D eigenvalue weighted by Gasteiger charge is 2.63. The van der Waals surface area contributed by atoms with Crippen molar-refractivity contribution in [3.63, 3.8) is 0 Å². The van der Waals surface area contributed by atoms with Crippen molar-refractivity contribution in [3.05, 3.63) is 46.6 Å². The summed E-state index contributed by atoms with van der Waals surface area (Å²) >= 11 is 0. The van der Waals surface area contributed by atoms with Gasteiger partial charge in [-0.05, 0) is 130 Å². The van der Waals surface area contributed by atoms with Crippen molar-refractivity contribution in [1.29, 1.82) is 0 Å². The number of esters is 1. The Labute approximate surface area is 256 Å². The molecular weight excluding hydrogens is 516 g/mol. The molecule has 0 bridgehead atoms. The van der Waals surface area contributed by atoms with E-state index in [2.05, 4.69) is 61.5 Å². The molecule has 0 amide bonds. The molecule has 1 aromatic rings. The molecule has 0 saturated heterocycles. The van der Waals surface area contributed by atoms with Gasteiger partial charge in [-0.25, -0.2) is 0 Å². The first kappa shape index (κ1) is 31.2. The van der Waals surface area contributed by atoms with Crippen molar-refractivity contribution < 1.29 is 9.53 Å². The first-order valence-electron chi connectivity index (χ1n) is 16.8. The number of ether oxygens (including phenoxy) is 1. The molecule has 42 heavy (non-hydrogen) atoms. The van der Waals surface area contributed by atoms with Crippen LogP contribution >= 0.6 is 0 Å². The predicted octanol–water partition coefficient (Wildman–Crippen LogP) is 9.44. The van der Waals surface area contributed by atoms with Gasteiger partial charge in [0.15, 0.2) is 0 Å². The van der Waals surface area contributed by atoms with Gasteiger partial charge in [0, 0.05) is 16.8 Å². The molecule has 0 radical (unpaired) electrons. The molecule has 0 heterocycles. The number of hydrogen-bond acceptors (Lipinski definition) is 4. The molecule has 4 nitrogen and oxygen atoms in total. The van der Waals surface area contributed by atoms with Gasteiger partial charge in [0.1, 0.15) is 6.10 Å². The van der Waals surface area contributed by atoms with Crippen LogP contribution in [-0.4, -0.2) is 12.1 Å². The maximum absolute atomic E-state index is 13.1. The van der Waals surface area contributed by atoms with Crippen LogP contribution in [0.5, 0.6) is 0 Å². The van der Waals surface area contributed by atoms with E-state index in [9.17, 15) is 4.79 Å². The summed E-state index contributed by atoms with van der Waals surface area (Å²) in [5.74, 6) is 1.93. The van der Waals surface area contributed by atoms with Gasteiger partial charge in [-0.3, -0.25) is 4.79 Å². The number of allylic oxidation sites excluding steroid dienone is 4. The maximum atomic E-state index is 13.1. The van der Waals surface area contributed by atoms with E-state index in [4.69, 9.17) is 16.2 Å². The second kappa shape index (κ2) is 11.0. The topological polar surface area (TPSA) is 78.3 Å². The third-order valence-corrected chi connectivity index (χ3v) is 13.4. The van der Waals surface area contributed by atoms with Crippen LogP contribution in [0.4, 0.5) is 11.4 Å². The van der Waals surface area contributed by atoms with Gasteiger partial charge >= 0.3 is 5.97 Å². The lowest BCUT2D eigenvalue weighted by atomic mass is 9.43. The average Bonchev–Trinajstić information content (AvgIpc) is 3.18. The van der Waals surface area contributed by atoms with Gasteiger partial charge in [0.25, 0.3) is 0 Å². The maximum Gasteiger partial charge on any atom is 0.310 e. The minimum absolute atomic E-state index is 0.0674. The number of rotatable bonds is 7. The molecule has 0 aliphatic heterocycles. The Morgan fingerprint density at radius 1 is 1.00 bits per heavy atom. The van der Waals surface area contributed by atoms with Crippen LogP contribution in [0.15, 0.2) is 41.0 Å². The Bertz CT molecular complexity index is 1270. The largest absolute Gasteiger partial charge is 0.462 e.